The van der Waals surface area contributed by atoms with Gasteiger partial charge in [0.05, 0.1) is 30.4 Å². The number of benzene rings is 2. The molecule has 0 amide bonds. The summed E-state index contributed by atoms with van der Waals surface area (Å²) in [4.78, 5) is 22.4. The van der Waals surface area contributed by atoms with Crippen molar-refractivity contribution >= 4 is 11.7 Å². The fourth-order valence-electron chi connectivity index (χ4n) is 2.43. The van der Waals surface area contributed by atoms with Gasteiger partial charge in [0.15, 0.2) is 0 Å². The Labute approximate surface area is 159 Å². The fraction of sp³-hybridized carbons (Fsp3) is 0.105. The topological polar surface area (TPSA) is 114 Å². The van der Waals surface area contributed by atoms with E-state index in [0.717, 1.165) is 6.07 Å². The number of hydrogen-bond donors (Lipinski definition) is 0. The molecule has 0 aliphatic carbocycles. The zero-order chi connectivity index (χ0) is 20.1. The molecule has 0 bridgehead atoms. The molecule has 0 saturated heterocycles. The number of hydrogen-bond acceptors (Lipinski definition) is 8. The SMILES string of the molecule is COc1ccc(OC)c(-c2ccc(OC(=O)c3cccc([N+](=O)[O-])c3)nn2)c1. The molecule has 3 rings (SSSR count). The highest BCUT2D eigenvalue weighted by Gasteiger charge is 2.15. The number of ether oxygens (including phenoxy) is 3. The van der Waals surface area contributed by atoms with E-state index in [1.807, 2.05) is 0 Å². The number of nitro groups is 1. The first-order valence-electron chi connectivity index (χ1n) is 8.04. The van der Waals surface area contributed by atoms with Gasteiger partial charge in [0.2, 0.25) is 5.88 Å². The average Bonchev–Trinajstić information content (AvgIpc) is 2.73. The van der Waals surface area contributed by atoms with Crippen LogP contribution in [-0.4, -0.2) is 35.3 Å². The Bertz CT molecular complexity index is 1020. The molecular weight excluding hydrogens is 366 g/mol. The van der Waals surface area contributed by atoms with Crippen LogP contribution >= 0.6 is 0 Å². The summed E-state index contributed by atoms with van der Waals surface area (Å²) in [6.45, 7) is 0. The first kappa shape index (κ1) is 18.8. The molecule has 0 saturated carbocycles. The monoisotopic (exact) mass is 381 g/mol. The Morgan fingerprint density at radius 2 is 1.82 bits per heavy atom. The molecule has 0 aliphatic heterocycles. The number of carbonyl (C=O) groups is 1. The number of esters is 1. The molecule has 3 aromatic rings. The van der Waals surface area contributed by atoms with Crippen LogP contribution in [-0.2, 0) is 0 Å². The normalized spacial score (nSPS) is 10.2. The molecule has 9 heteroatoms. The molecule has 0 radical (unpaired) electrons. The van der Waals surface area contributed by atoms with Crippen LogP contribution in [0, 0.1) is 10.1 Å². The van der Waals surface area contributed by atoms with Gasteiger partial charge in [0, 0.05) is 23.8 Å². The van der Waals surface area contributed by atoms with Gasteiger partial charge in [-0.25, -0.2) is 4.79 Å². The van der Waals surface area contributed by atoms with Gasteiger partial charge in [-0.3, -0.25) is 10.1 Å². The molecule has 0 aliphatic rings. The van der Waals surface area contributed by atoms with Gasteiger partial charge in [-0.2, -0.15) is 0 Å². The number of nitrogens with zero attached hydrogens (tertiary/aromatic N) is 3. The lowest BCUT2D eigenvalue weighted by molar-refractivity contribution is -0.384. The molecule has 28 heavy (non-hydrogen) atoms. The summed E-state index contributed by atoms with van der Waals surface area (Å²) in [5.74, 6) is 0.391. The van der Waals surface area contributed by atoms with Crippen molar-refractivity contribution in [2.24, 2.45) is 0 Å². The van der Waals surface area contributed by atoms with E-state index >= 15 is 0 Å². The van der Waals surface area contributed by atoms with Crippen LogP contribution in [0.5, 0.6) is 17.4 Å². The molecule has 2 aromatic carbocycles. The Balaban J connectivity index is 1.81. The minimum atomic E-state index is -0.773. The lowest BCUT2D eigenvalue weighted by atomic mass is 10.1. The number of aromatic nitrogens is 2. The molecule has 1 aromatic heterocycles. The molecule has 1 heterocycles. The molecule has 9 nitrogen and oxygen atoms in total. The molecule has 0 spiro atoms. The Morgan fingerprint density at radius 1 is 1.00 bits per heavy atom. The predicted octanol–water partition coefficient (Wildman–Crippen LogP) is 3.29. The number of non-ortho nitro benzene ring substituents is 1. The van der Waals surface area contributed by atoms with Crippen LogP contribution in [0.1, 0.15) is 10.4 Å². The van der Waals surface area contributed by atoms with E-state index in [1.54, 1.807) is 31.4 Å². The minimum Gasteiger partial charge on any atom is -0.497 e. The van der Waals surface area contributed by atoms with Gasteiger partial charge in [0.25, 0.3) is 5.69 Å². The maximum Gasteiger partial charge on any atom is 0.345 e. The zero-order valence-corrected chi connectivity index (χ0v) is 15.0. The van der Waals surface area contributed by atoms with E-state index < -0.39 is 10.9 Å². The minimum absolute atomic E-state index is 0.0366. The van der Waals surface area contributed by atoms with Crippen molar-refractivity contribution < 1.29 is 23.9 Å². The van der Waals surface area contributed by atoms with Crippen molar-refractivity contribution in [2.45, 2.75) is 0 Å². The maximum absolute atomic E-state index is 12.2. The van der Waals surface area contributed by atoms with Crippen LogP contribution in [0.2, 0.25) is 0 Å². The smallest absolute Gasteiger partial charge is 0.345 e. The maximum atomic E-state index is 12.2. The first-order valence-corrected chi connectivity index (χ1v) is 8.04. The van der Waals surface area contributed by atoms with Gasteiger partial charge < -0.3 is 14.2 Å². The molecule has 142 valence electrons. The van der Waals surface area contributed by atoms with Gasteiger partial charge in [0.1, 0.15) is 11.5 Å². The lowest BCUT2D eigenvalue weighted by Gasteiger charge is -2.10. The summed E-state index contributed by atoms with van der Waals surface area (Å²) in [7, 11) is 3.08. The first-order chi connectivity index (χ1) is 13.5. The standard InChI is InChI=1S/C19H15N3O6/c1-26-14-6-8-17(27-2)15(11-14)16-7-9-18(21-20-16)28-19(23)12-4-3-5-13(10-12)22(24)25/h3-11H,1-2H3. The Morgan fingerprint density at radius 3 is 2.46 bits per heavy atom. The summed E-state index contributed by atoms with van der Waals surface area (Å²) < 4.78 is 15.7. The van der Waals surface area contributed by atoms with E-state index in [2.05, 4.69) is 10.2 Å². The lowest BCUT2D eigenvalue weighted by Crippen LogP contribution is -2.10. The molecule has 0 unspecified atom stereocenters. The third-order valence-corrected chi connectivity index (χ3v) is 3.81. The number of carbonyl (C=O) groups excluding carboxylic acids is 1. The van der Waals surface area contributed by atoms with Crippen molar-refractivity contribution in [1.29, 1.82) is 0 Å². The van der Waals surface area contributed by atoms with Crippen molar-refractivity contribution in [3.8, 4) is 28.6 Å². The Hall–Kier alpha value is -4.01. The van der Waals surface area contributed by atoms with Gasteiger partial charge in [-0.1, -0.05) is 6.07 Å². The molecule has 0 atom stereocenters. The summed E-state index contributed by atoms with van der Waals surface area (Å²) in [6, 6.07) is 13.6. The molecule has 0 N–H and O–H groups in total. The zero-order valence-electron chi connectivity index (χ0n) is 15.0. The van der Waals surface area contributed by atoms with Crippen LogP contribution in [0.4, 0.5) is 5.69 Å². The third-order valence-electron chi connectivity index (χ3n) is 3.81. The second-order valence-corrected chi connectivity index (χ2v) is 5.52. The van der Waals surface area contributed by atoms with Crippen LogP contribution in [0.3, 0.4) is 0 Å². The summed E-state index contributed by atoms with van der Waals surface area (Å²) >= 11 is 0. The second kappa shape index (κ2) is 8.12. The third kappa shape index (κ3) is 4.04. The number of nitro benzene ring substituents is 1. The van der Waals surface area contributed by atoms with Crippen molar-refractivity contribution in [3.63, 3.8) is 0 Å². The van der Waals surface area contributed by atoms with Crippen LogP contribution in [0.15, 0.2) is 54.6 Å². The molecule has 0 fully saturated rings. The largest absolute Gasteiger partial charge is 0.497 e. The van der Waals surface area contributed by atoms with E-state index in [1.165, 1.54) is 31.4 Å². The highest BCUT2D eigenvalue weighted by Crippen LogP contribution is 2.32. The highest BCUT2D eigenvalue weighted by atomic mass is 16.6. The van der Waals surface area contributed by atoms with Crippen LogP contribution in [0.25, 0.3) is 11.3 Å². The summed E-state index contributed by atoms with van der Waals surface area (Å²) in [6.07, 6.45) is 0. The Kier molecular flexibility index (Phi) is 5.45. The van der Waals surface area contributed by atoms with E-state index in [4.69, 9.17) is 14.2 Å². The molecular formula is C19H15N3O6. The highest BCUT2D eigenvalue weighted by molar-refractivity contribution is 5.91. The number of rotatable bonds is 6. The fourth-order valence-corrected chi connectivity index (χ4v) is 2.43. The van der Waals surface area contributed by atoms with Crippen LogP contribution < -0.4 is 14.2 Å². The van der Waals surface area contributed by atoms with E-state index in [9.17, 15) is 14.9 Å². The van der Waals surface area contributed by atoms with Crippen molar-refractivity contribution in [2.75, 3.05) is 14.2 Å². The number of methoxy groups -OCH3 is 2. The predicted molar refractivity (Wildman–Crippen MR) is 98.6 cm³/mol. The summed E-state index contributed by atoms with van der Waals surface area (Å²) in [5.41, 5.74) is 0.979. The average molecular weight is 381 g/mol. The summed E-state index contributed by atoms with van der Waals surface area (Å²) in [5, 5.41) is 18.8. The van der Waals surface area contributed by atoms with E-state index in [0.29, 0.717) is 22.8 Å². The second-order valence-electron chi connectivity index (χ2n) is 5.52. The van der Waals surface area contributed by atoms with E-state index in [-0.39, 0.29) is 17.1 Å². The van der Waals surface area contributed by atoms with Gasteiger partial charge in [-0.15, -0.1) is 10.2 Å². The van der Waals surface area contributed by atoms with Gasteiger partial charge >= 0.3 is 5.97 Å². The van der Waals surface area contributed by atoms with Crippen molar-refractivity contribution in [1.82, 2.24) is 10.2 Å². The van der Waals surface area contributed by atoms with Gasteiger partial charge in [-0.05, 0) is 30.3 Å². The van der Waals surface area contributed by atoms with Crippen molar-refractivity contribution in [3.05, 3.63) is 70.3 Å². The quantitative estimate of drug-likeness (QED) is 0.363.